The molecule has 0 aliphatic carbocycles. The van der Waals surface area contributed by atoms with Crippen LogP contribution in [0.25, 0.3) is 11.0 Å². The van der Waals surface area contributed by atoms with Crippen LogP contribution in [0.1, 0.15) is 30.3 Å². The molecule has 1 saturated heterocycles. The SMILES string of the molecule is O=C(Cc1c(F)cccc1Cl)Nc1ccc2nc(C3CCCO3)[nH]c2c1. The van der Waals surface area contributed by atoms with Gasteiger partial charge in [-0.15, -0.1) is 0 Å². The number of hydrogen-bond donors (Lipinski definition) is 2. The molecule has 2 aromatic carbocycles. The molecule has 0 spiro atoms. The Labute approximate surface area is 154 Å². The van der Waals surface area contributed by atoms with Crippen LogP contribution in [-0.4, -0.2) is 22.5 Å². The number of amides is 1. The van der Waals surface area contributed by atoms with Crippen molar-refractivity contribution in [3.05, 3.63) is 58.6 Å². The molecular weight excluding hydrogens is 357 g/mol. The van der Waals surface area contributed by atoms with E-state index in [-0.39, 0.29) is 29.0 Å². The van der Waals surface area contributed by atoms with Crippen LogP contribution in [0.3, 0.4) is 0 Å². The Morgan fingerprint density at radius 3 is 3.04 bits per heavy atom. The zero-order valence-electron chi connectivity index (χ0n) is 13.9. The van der Waals surface area contributed by atoms with E-state index in [1.807, 2.05) is 12.1 Å². The van der Waals surface area contributed by atoms with E-state index in [9.17, 15) is 9.18 Å². The Kier molecular flexibility index (Phi) is 4.61. The van der Waals surface area contributed by atoms with Crippen molar-refractivity contribution in [2.75, 3.05) is 11.9 Å². The van der Waals surface area contributed by atoms with Crippen LogP contribution in [-0.2, 0) is 16.0 Å². The van der Waals surface area contributed by atoms with Crippen molar-refractivity contribution in [2.24, 2.45) is 0 Å². The zero-order chi connectivity index (χ0) is 18.1. The molecule has 7 heteroatoms. The standard InChI is InChI=1S/C19H17ClFN3O2/c20-13-3-1-4-14(21)12(13)10-18(25)22-11-6-7-15-16(9-11)24-19(23-15)17-5-2-8-26-17/h1,3-4,6-7,9,17H,2,5,8,10H2,(H,22,25)(H,23,24). The highest BCUT2D eigenvalue weighted by molar-refractivity contribution is 6.31. The maximum absolute atomic E-state index is 13.8. The molecule has 0 radical (unpaired) electrons. The molecule has 1 aromatic heterocycles. The number of fused-ring (bicyclic) bond motifs is 1. The maximum Gasteiger partial charge on any atom is 0.228 e. The number of carbonyl (C=O) groups excluding carboxylic acids is 1. The number of imidazole rings is 1. The van der Waals surface area contributed by atoms with Gasteiger partial charge in [-0.1, -0.05) is 17.7 Å². The molecule has 3 aromatic rings. The monoisotopic (exact) mass is 373 g/mol. The summed E-state index contributed by atoms with van der Waals surface area (Å²) in [5, 5.41) is 3.01. The van der Waals surface area contributed by atoms with E-state index >= 15 is 0 Å². The zero-order valence-corrected chi connectivity index (χ0v) is 14.6. The summed E-state index contributed by atoms with van der Waals surface area (Å²) >= 11 is 5.97. The largest absolute Gasteiger partial charge is 0.370 e. The fourth-order valence-electron chi connectivity index (χ4n) is 3.12. The van der Waals surface area contributed by atoms with Crippen LogP contribution in [0.15, 0.2) is 36.4 Å². The first-order chi connectivity index (χ1) is 12.6. The number of ether oxygens (including phenoxy) is 1. The molecule has 1 aliphatic heterocycles. The van der Waals surface area contributed by atoms with E-state index in [0.717, 1.165) is 36.3 Å². The molecular formula is C19H17ClFN3O2. The van der Waals surface area contributed by atoms with Crippen molar-refractivity contribution in [1.29, 1.82) is 0 Å². The third-order valence-electron chi connectivity index (χ3n) is 4.42. The van der Waals surface area contributed by atoms with Crippen LogP contribution >= 0.6 is 11.6 Å². The molecule has 134 valence electrons. The number of H-pyrrole nitrogens is 1. The Hall–Kier alpha value is -2.44. The minimum absolute atomic E-state index is 0.00337. The Bertz CT molecular complexity index is 946. The molecule has 1 atom stereocenters. The lowest BCUT2D eigenvalue weighted by Crippen LogP contribution is -2.15. The van der Waals surface area contributed by atoms with Gasteiger partial charge in [0.05, 0.1) is 17.5 Å². The first kappa shape index (κ1) is 17.0. The van der Waals surface area contributed by atoms with Gasteiger partial charge in [0.1, 0.15) is 17.7 Å². The van der Waals surface area contributed by atoms with Crippen molar-refractivity contribution >= 4 is 34.2 Å². The van der Waals surface area contributed by atoms with E-state index in [4.69, 9.17) is 16.3 Å². The second kappa shape index (κ2) is 7.05. The van der Waals surface area contributed by atoms with Gasteiger partial charge in [0.2, 0.25) is 5.91 Å². The van der Waals surface area contributed by atoms with E-state index in [0.29, 0.717) is 5.69 Å². The summed E-state index contributed by atoms with van der Waals surface area (Å²) in [6.45, 7) is 0.752. The van der Waals surface area contributed by atoms with Crippen molar-refractivity contribution in [3.63, 3.8) is 0 Å². The minimum Gasteiger partial charge on any atom is -0.370 e. The van der Waals surface area contributed by atoms with Crippen molar-refractivity contribution < 1.29 is 13.9 Å². The van der Waals surface area contributed by atoms with Gasteiger partial charge in [0.25, 0.3) is 0 Å². The fourth-order valence-corrected chi connectivity index (χ4v) is 3.35. The summed E-state index contributed by atoms with van der Waals surface area (Å²) in [6, 6.07) is 9.77. The second-order valence-electron chi connectivity index (χ2n) is 6.28. The summed E-state index contributed by atoms with van der Waals surface area (Å²) in [6.07, 6.45) is 1.85. The Morgan fingerprint density at radius 1 is 1.38 bits per heavy atom. The summed E-state index contributed by atoms with van der Waals surface area (Å²) in [4.78, 5) is 20.1. The molecule has 0 saturated carbocycles. The number of aromatic nitrogens is 2. The molecule has 5 nitrogen and oxygen atoms in total. The van der Waals surface area contributed by atoms with Gasteiger partial charge in [0, 0.05) is 22.9 Å². The summed E-state index contributed by atoms with van der Waals surface area (Å²) < 4.78 is 19.5. The molecule has 4 rings (SSSR count). The third-order valence-corrected chi connectivity index (χ3v) is 4.77. The predicted octanol–water partition coefficient (Wildman–Crippen LogP) is 4.39. The lowest BCUT2D eigenvalue weighted by molar-refractivity contribution is -0.115. The molecule has 26 heavy (non-hydrogen) atoms. The Morgan fingerprint density at radius 2 is 2.27 bits per heavy atom. The van der Waals surface area contributed by atoms with E-state index < -0.39 is 5.82 Å². The van der Waals surface area contributed by atoms with Crippen molar-refractivity contribution in [1.82, 2.24) is 9.97 Å². The van der Waals surface area contributed by atoms with Crippen LogP contribution in [0.2, 0.25) is 5.02 Å². The average molecular weight is 374 g/mol. The van der Waals surface area contributed by atoms with E-state index in [1.165, 1.54) is 12.1 Å². The second-order valence-corrected chi connectivity index (χ2v) is 6.69. The van der Waals surface area contributed by atoms with E-state index in [2.05, 4.69) is 15.3 Å². The normalized spacial score (nSPS) is 16.9. The lowest BCUT2D eigenvalue weighted by atomic mass is 10.1. The fraction of sp³-hybridized carbons (Fsp3) is 0.263. The smallest absolute Gasteiger partial charge is 0.228 e. The van der Waals surface area contributed by atoms with Gasteiger partial charge in [-0.2, -0.15) is 0 Å². The number of halogens is 2. The minimum atomic E-state index is -0.488. The van der Waals surface area contributed by atoms with Gasteiger partial charge >= 0.3 is 0 Å². The molecule has 2 N–H and O–H groups in total. The first-order valence-corrected chi connectivity index (χ1v) is 8.82. The van der Waals surface area contributed by atoms with Crippen LogP contribution < -0.4 is 5.32 Å². The topological polar surface area (TPSA) is 67.0 Å². The predicted molar refractivity (Wildman–Crippen MR) is 97.8 cm³/mol. The molecule has 2 heterocycles. The number of anilines is 1. The summed E-state index contributed by atoms with van der Waals surface area (Å²) in [5.74, 6) is -0.0211. The summed E-state index contributed by atoms with van der Waals surface area (Å²) in [7, 11) is 0. The maximum atomic E-state index is 13.8. The number of carbonyl (C=O) groups is 1. The van der Waals surface area contributed by atoms with Crippen molar-refractivity contribution in [2.45, 2.75) is 25.4 Å². The highest BCUT2D eigenvalue weighted by Gasteiger charge is 2.21. The number of aromatic amines is 1. The first-order valence-electron chi connectivity index (χ1n) is 8.44. The highest BCUT2D eigenvalue weighted by Crippen LogP contribution is 2.29. The number of nitrogens with one attached hydrogen (secondary N) is 2. The lowest BCUT2D eigenvalue weighted by Gasteiger charge is -2.07. The molecule has 1 amide bonds. The molecule has 1 fully saturated rings. The molecule has 1 unspecified atom stereocenters. The molecule has 0 bridgehead atoms. The number of nitrogens with zero attached hydrogens (tertiary/aromatic N) is 1. The van der Waals surface area contributed by atoms with Crippen molar-refractivity contribution in [3.8, 4) is 0 Å². The summed E-state index contributed by atoms with van der Waals surface area (Å²) in [5.41, 5.74) is 2.43. The Balaban J connectivity index is 1.50. The number of hydrogen-bond acceptors (Lipinski definition) is 3. The van der Waals surface area contributed by atoms with Gasteiger partial charge in [0.15, 0.2) is 0 Å². The van der Waals surface area contributed by atoms with Gasteiger partial charge in [-0.25, -0.2) is 9.37 Å². The van der Waals surface area contributed by atoms with E-state index in [1.54, 1.807) is 12.1 Å². The van der Waals surface area contributed by atoms with Gasteiger partial charge < -0.3 is 15.0 Å². The van der Waals surface area contributed by atoms with Gasteiger partial charge in [-0.3, -0.25) is 4.79 Å². The quantitative estimate of drug-likeness (QED) is 0.712. The van der Waals surface area contributed by atoms with Crippen LogP contribution in [0.4, 0.5) is 10.1 Å². The van der Waals surface area contributed by atoms with Crippen LogP contribution in [0.5, 0.6) is 0 Å². The number of rotatable bonds is 4. The highest BCUT2D eigenvalue weighted by atomic mass is 35.5. The molecule has 1 aliphatic rings. The van der Waals surface area contributed by atoms with Gasteiger partial charge in [-0.05, 0) is 43.2 Å². The number of benzene rings is 2. The average Bonchev–Trinajstić information content (AvgIpc) is 3.27. The van der Waals surface area contributed by atoms with Crippen LogP contribution in [0, 0.1) is 5.82 Å². The third kappa shape index (κ3) is 3.43.